The summed E-state index contributed by atoms with van der Waals surface area (Å²) in [4.78, 5) is 2.60. The quantitative estimate of drug-likeness (QED) is 0.602. The smallest absolute Gasteiger partial charge is 0.169 e. The number of likely N-dealkylation sites (tertiary alicyclic amines) is 1. The summed E-state index contributed by atoms with van der Waals surface area (Å²) in [6.45, 7) is 7.50. The minimum atomic E-state index is 0.256. The molecule has 0 spiro atoms. The number of benzene rings is 2. The second-order valence-corrected chi connectivity index (χ2v) is 8.54. The zero-order chi connectivity index (χ0) is 20.1. The van der Waals surface area contributed by atoms with E-state index in [0.29, 0.717) is 5.92 Å². The van der Waals surface area contributed by atoms with Gasteiger partial charge in [-0.25, -0.2) is 4.68 Å². The predicted molar refractivity (Wildman–Crippen MR) is 115 cm³/mol. The minimum Gasteiger partial charge on any atom is -0.293 e. The fourth-order valence-corrected chi connectivity index (χ4v) is 4.56. The molecule has 0 amide bonds. The van der Waals surface area contributed by atoms with Crippen molar-refractivity contribution in [2.75, 3.05) is 13.1 Å². The van der Waals surface area contributed by atoms with Crippen LogP contribution in [0.15, 0.2) is 60.7 Å². The highest BCUT2D eigenvalue weighted by atomic mass is 15.5. The lowest BCUT2D eigenvalue weighted by atomic mass is 9.88. The van der Waals surface area contributed by atoms with Crippen molar-refractivity contribution in [3.63, 3.8) is 0 Å². The molecular weight excluding hydrogens is 358 g/mol. The molecule has 0 bridgehead atoms. The van der Waals surface area contributed by atoms with Crippen molar-refractivity contribution in [1.82, 2.24) is 25.1 Å². The maximum atomic E-state index is 4.46. The summed E-state index contributed by atoms with van der Waals surface area (Å²) in [5.41, 5.74) is 2.68. The van der Waals surface area contributed by atoms with E-state index in [-0.39, 0.29) is 6.04 Å². The summed E-state index contributed by atoms with van der Waals surface area (Å²) in [5.74, 6) is 2.22. The Bertz CT molecular complexity index is 867. The number of rotatable bonds is 7. The first-order valence-electron chi connectivity index (χ1n) is 10.8. The van der Waals surface area contributed by atoms with Gasteiger partial charge in [0.15, 0.2) is 5.82 Å². The molecule has 0 N–H and O–H groups in total. The van der Waals surface area contributed by atoms with Gasteiger partial charge in [0.25, 0.3) is 0 Å². The van der Waals surface area contributed by atoms with E-state index in [9.17, 15) is 0 Å². The topological polar surface area (TPSA) is 46.8 Å². The van der Waals surface area contributed by atoms with Gasteiger partial charge in [-0.3, -0.25) is 4.90 Å². The van der Waals surface area contributed by atoms with Gasteiger partial charge in [-0.1, -0.05) is 74.5 Å². The number of tetrazole rings is 1. The van der Waals surface area contributed by atoms with Crippen LogP contribution in [-0.4, -0.2) is 38.2 Å². The second kappa shape index (κ2) is 9.31. The van der Waals surface area contributed by atoms with Gasteiger partial charge in [0.2, 0.25) is 0 Å². The van der Waals surface area contributed by atoms with E-state index in [4.69, 9.17) is 0 Å². The maximum Gasteiger partial charge on any atom is 0.169 e. The molecule has 152 valence electrons. The van der Waals surface area contributed by atoms with Crippen molar-refractivity contribution < 1.29 is 0 Å². The van der Waals surface area contributed by atoms with E-state index in [1.54, 1.807) is 0 Å². The SMILES string of the molecule is CC(C)[C@H](c1nnnn1Cc1ccccc1)N1CCC(Cc2ccccc2)CC1. The van der Waals surface area contributed by atoms with Gasteiger partial charge in [0, 0.05) is 0 Å². The Morgan fingerprint density at radius 1 is 0.897 bits per heavy atom. The van der Waals surface area contributed by atoms with Gasteiger partial charge in [-0.2, -0.15) is 0 Å². The molecule has 1 aromatic heterocycles. The lowest BCUT2D eigenvalue weighted by Gasteiger charge is -2.38. The largest absolute Gasteiger partial charge is 0.293 e. The highest BCUT2D eigenvalue weighted by molar-refractivity contribution is 5.16. The molecule has 1 atom stereocenters. The Morgan fingerprint density at radius 2 is 1.52 bits per heavy atom. The molecule has 3 aromatic rings. The fourth-order valence-electron chi connectivity index (χ4n) is 4.56. The second-order valence-electron chi connectivity index (χ2n) is 8.54. The van der Waals surface area contributed by atoms with Gasteiger partial charge >= 0.3 is 0 Å². The van der Waals surface area contributed by atoms with Gasteiger partial charge in [0.1, 0.15) is 0 Å². The van der Waals surface area contributed by atoms with Crippen LogP contribution in [0, 0.1) is 11.8 Å². The van der Waals surface area contributed by atoms with Gasteiger partial charge in [-0.05, 0) is 65.7 Å². The zero-order valence-corrected chi connectivity index (χ0v) is 17.5. The highest BCUT2D eigenvalue weighted by Crippen LogP contribution is 2.32. The number of aromatic nitrogens is 4. The predicted octanol–water partition coefficient (Wildman–Crippen LogP) is 4.37. The number of hydrogen-bond donors (Lipinski definition) is 0. The van der Waals surface area contributed by atoms with Crippen LogP contribution in [0.25, 0.3) is 0 Å². The van der Waals surface area contributed by atoms with E-state index in [1.165, 1.54) is 30.4 Å². The maximum absolute atomic E-state index is 4.46. The standard InChI is InChI=1S/C24H31N5/c1-19(2)23(24-25-26-27-29(24)18-22-11-7-4-8-12-22)28-15-13-21(14-16-28)17-20-9-5-3-6-10-20/h3-12,19,21,23H,13-18H2,1-2H3/t23-/m1/s1. The summed E-state index contributed by atoms with van der Waals surface area (Å²) >= 11 is 0. The van der Waals surface area contributed by atoms with Crippen LogP contribution >= 0.6 is 0 Å². The van der Waals surface area contributed by atoms with Crippen molar-refractivity contribution in [1.29, 1.82) is 0 Å². The minimum absolute atomic E-state index is 0.256. The molecule has 0 saturated carbocycles. The van der Waals surface area contributed by atoms with E-state index in [0.717, 1.165) is 31.4 Å². The van der Waals surface area contributed by atoms with Crippen LogP contribution < -0.4 is 0 Å². The van der Waals surface area contributed by atoms with Gasteiger partial charge in [0.05, 0.1) is 12.6 Å². The first kappa shape index (κ1) is 19.8. The molecule has 5 heteroatoms. The van der Waals surface area contributed by atoms with Crippen molar-refractivity contribution in [2.45, 2.75) is 45.7 Å². The third-order valence-corrected chi connectivity index (χ3v) is 6.04. The molecule has 29 heavy (non-hydrogen) atoms. The molecule has 0 radical (unpaired) electrons. The Labute approximate surface area is 173 Å². The van der Waals surface area contributed by atoms with Crippen molar-refractivity contribution >= 4 is 0 Å². The van der Waals surface area contributed by atoms with Crippen LogP contribution in [0.5, 0.6) is 0 Å². The van der Waals surface area contributed by atoms with Gasteiger partial charge < -0.3 is 0 Å². The highest BCUT2D eigenvalue weighted by Gasteiger charge is 2.32. The van der Waals surface area contributed by atoms with Crippen LogP contribution in [0.4, 0.5) is 0 Å². The summed E-state index contributed by atoms with van der Waals surface area (Å²) in [6.07, 6.45) is 3.66. The molecule has 2 heterocycles. The van der Waals surface area contributed by atoms with Crippen molar-refractivity contribution in [2.24, 2.45) is 11.8 Å². The van der Waals surface area contributed by atoms with E-state index >= 15 is 0 Å². The van der Waals surface area contributed by atoms with E-state index in [1.807, 2.05) is 10.7 Å². The molecule has 0 aliphatic carbocycles. The van der Waals surface area contributed by atoms with Crippen LogP contribution in [0.2, 0.25) is 0 Å². The molecule has 1 fully saturated rings. The molecular formula is C24H31N5. The Kier molecular flexibility index (Phi) is 6.35. The summed E-state index contributed by atoms with van der Waals surface area (Å²) < 4.78 is 1.98. The first-order valence-corrected chi connectivity index (χ1v) is 10.8. The summed E-state index contributed by atoms with van der Waals surface area (Å²) in [6, 6.07) is 21.6. The number of nitrogens with zero attached hydrogens (tertiary/aromatic N) is 5. The number of piperidine rings is 1. The molecule has 1 saturated heterocycles. The normalized spacial score (nSPS) is 16.9. The third-order valence-electron chi connectivity index (χ3n) is 6.04. The monoisotopic (exact) mass is 389 g/mol. The Hall–Kier alpha value is -2.53. The average Bonchev–Trinajstić information content (AvgIpc) is 3.18. The van der Waals surface area contributed by atoms with Crippen LogP contribution in [0.1, 0.15) is 49.7 Å². The molecule has 0 unspecified atom stereocenters. The Morgan fingerprint density at radius 3 is 2.14 bits per heavy atom. The first-order chi connectivity index (χ1) is 14.2. The lowest BCUT2D eigenvalue weighted by molar-refractivity contribution is 0.0954. The molecule has 5 nitrogen and oxygen atoms in total. The lowest BCUT2D eigenvalue weighted by Crippen LogP contribution is -2.40. The molecule has 2 aromatic carbocycles. The Balaban J connectivity index is 1.43. The average molecular weight is 390 g/mol. The van der Waals surface area contributed by atoms with Gasteiger partial charge in [-0.15, -0.1) is 5.10 Å². The molecule has 1 aliphatic heterocycles. The van der Waals surface area contributed by atoms with Crippen LogP contribution in [-0.2, 0) is 13.0 Å². The fraction of sp³-hybridized carbons (Fsp3) is 0.458. The number of hydrogen-bond acceptors (Lipinski definition) is 4. The van der Waals surface area contributed by atoms with Crippen molar-refractivity contribution in [3.8, 4) is 0 Å². The van der Waals surface area contributed by atoms with E-state index in [2.05, 4.69) is 88.9 Å². The van der Waals surface area contributed by atoms with E-state index < -0.39 is 0 Å². The molecule has 4 rings (SSSR count). The molecule has 1 aliphatic rings. The van der Waals surface area contributed by atoms with Crippen molar-refractivity contribution in [3.05, 3.63) is 77.6 Å². The van der Waals surface area contributed by atoms with Crippen LogP contribution in [0.3, 0.4) is 0 Å². The summed E-state index contributed by atoms with van der Waals surface area (Å²) in [5, 5.41) is 12.8. The third kappa shape index (κ3) is 4.91. The zero-order valence-electron chi connectivity index (χ0n) is 17.5. The summed E-state index contributed by atoms with van der Waals surface area (Å²) in [7, 11) is 0.